The molecule has 0 aromatic heterocycles. The molecule has 1 aromatic carbocycles. The van der Waals surface area contributed by atoms with Crippen LogP contribution in [0.15, 0.2) is 18.2 Å². The summed E-state index contributed by atoms with van der Waals surface area (Å²) < 4.78 is 13.5. The zero-order valence-electron chi connectivity index (χ0n) is 10.5. The highest BCUT2D eigenvalue weighted by atomic mass is 19.1. The number of rotatable bonds is 1. The van der Waals surface area contributed by atoms with Crippen molar-refractivity contribution in [2.75, 3.05) is 14.1 Å². The van der Waals surface area contributed by atoms with Gasteiger partial charge in [0.15, 0.2) is 0 Å². The minimum atomic E-state index is -0.466. The normalized spacial score (nSPS) is 11.4. The second-order valence-electron chi connectivity index (χ2n) is 5.14. The molecule has 88 valence electrons. The van der Waals surface area contributed by atoms with Gasteiger partial charge in [0.2, 0.25) is 0 Å². The van der Waals surface area contributed by atoms with Crippen LogP contribution >= 0.6 is 0 Å². The van der Waals surface area contributed by atoms with E-state index in [4.69, 9.17) is 0 Å². The summed E-state index contributed by atoms with van der Waals surface area (Å²) in [7, 11) is 3.23. The number of carbonyl (C=O) groups is 1. The predicted octanol–water partition coefficient (Wildman–Crippen LogP) is 2.83. The van der Waals surface area contributed by atoms with E-state index in [0.29, 0.717) is 0 Å². The summed E-state index contributed by atoms with van der Waals surface area (Å²) in [4.78, 5) is 13.1. The molecule has 0 saturated heterocycles. The summed E-state index contributed by atoms with van der Waals surface area (Å²) >= 11 is 0. The third-order valence-corrected chi connectivity index (χ3v) is 2.47. The molecule has 0 aliphatic rings. The van der Waals surface area contributed by atoms with Crippen molar-refractivity contribution in [3.63, 3.8) is 0 Å². The smallest absolute Gasteiger partial charge is 0.256 e. The minimum Gasteiger partial charge on any atom is -0.345 e. The number of hydrogen-bond acceptors (Lipinski definition) is 1. The van der Waals surface area contributed by atoms with Crippen LogP contribution in [0.4, 0.5) is 4.39 Å². The zero-order valence-corrected chi connectivity index (χ0v) is 10.5. The Morgan fingerprint density at radius 2 is 1.81 bits per heavy atom. The molecule has 0 radical (unpaired) electrons. The number of carbonyl (C=O) groups excluding carboxylic acids is 1. The largest absolute Gasteiger partial charge is 0.345 e. The quantitative estimate of drug-likeness (QED) is 0.717. The van der Waals surface area contributed by atoms with Crippen molar-refractivity contribution in [3.8, 4) is 0 Å². The molecule has 0 N–H and O–H groups in total. The number of halogens is 1. The first-order valence-corrected chi connectivity index (χ1v) is 5.25. The van der Waals surface area contributed by atoms with Crippen LogP contribution in [0.2, 0.25) is 0 Å². The Bertz CT molecular complexity index is 405. The van der Waals surface area contributed by atoms with Gasteiger partial charge in [0.25, 0.3) is 5.91 Å². The molecule has 3 heteroatoms. The van der Waals surface area contributed by atoms with E-state index in [1.807, 2.05) is 20.8 Å². The van der Waals surface area contributed by atoms with Gasteiger partial charge < -0.3 is 4.90 Å². The highest BCUT2D eigenvalue weighted by Crippen LogP contribution is 2.24. The van der Waals surface area contributed by atoms with Gasteiger partial charge in [0, 0.05) is 14.1 Å². The Kier molecular flexibility index (Phi) is 3.36. The molecule has 1 aromatic rings. The molecule has 0 spiro atoms. The molecule has 0 aliphatic heterocycles. The lowest BCUT2D eigenvalue weighted by atomic mass is 9.86. The Balaban J connectivity index is 3.25. The van der Waals surface area contributed by atoms with Gasteiger partial charge in [-0.1, -0.05) is 26.8 Å². The average molecular weight is 223 g/mol. The van der Waals surface area contributed by atoms with Gasteiger partial charge in [-0.05, 0) is 23.1 Å². The van der Waals surface area contributed by atoms with Crippen molar-refractivity contribution in [2.24, 2.45) is 0 Å². The van der Waals surface area contributed by atoms with Crippen molar-refractivity contribution >= 4 is 5.91 Å². The molecule has 16 heavy (non-hydrogen) atoms. The van der Waals surface area contributed by atoms with Crippen molar-refractivity contribution in [1.29, 1.82) is 0 Å². The highest BCUT2D eigenvalue weighted by Gasteiger charge is 2.19. The van der Waals surface area contributed by atoms with E-state index in [1.54, 1.807) is 26.2 Å². The molecule has 0 atom stereocenters. The number of hydrogen-bond donors (Lipinski definition) is 0. The second-order valence-corrected chi connectivity index (χ2v) is 5.14. The summed E-state index contributed by atoms with van der Waals surface area (Å²) in [5, 5.41) is 0. The molecule has 0 unspecified atom stereocenters. The maximum atomic E-state index is 13.5. The third-order valence-electron chi connectivity index (χ3n) is 2.47. The first kappa shape index (κ1) is 12.7. The van der Waals surface area contributed by atoms with Crippen molar-refractivity contribution in [3.05, 3.63) is 35.1 Å². The Labute approximate surface area is 96.1 Å². The lowest BCUT2D eigenvalue weighted by Crippen LogP contribution is -2.23. The Morgan fingerprint density at radius 3 is 2.25 bits per heavy atom. The number of amides is 1. The van der Waals surface area contributed by atoms with E-state index in [1.165, 1.54) is 11.0 Å². The molecule has 1 amide bonds. The summed E-state index contributed by atoms with van der Waals surface area (Å²) in [6.45, 7) is 6.10. The second kappa shape index (κ2) is 4.24. The SMILES string of the molecule is CN(C)C(=O)c1cc(C(C)(C)C)ccc1F. The first-order valence-electron chi connectivity index (χ1n) is 5.25. The van der Waals surface area contributed by atoms with Crippen LogP contribution in [-0.4, -0.2) is 24.9 Å². The van der Waals surface area contributed by atoms with Crippen LogP contribution in [0.3, 0.4) is 0 Å². The van der Waals surface area contributed by atoms with E-state index >= 15 is 0 Å². The molecule has 1 rings (SSSR count). The van der Waals surface area contributed by atoms with E-state index in [0.717, 1.165) is 5.56 Å². The van der Waals surface area contributed by atoms with Gasteiger partial charge >= 0.3 is 0 Å². The molecular formula is C13H18FNO. The Hall–Kier alpha value is -1.38. The van der Waals surface area contributed by atoms with Crippen LogP contribution in [0, 0.1) is 5.82 Å². The predicted molar refractivity (Wildman–Crippen MR) is 63.1 cm³/mol. The van der Waals surface area contributed by atoms with Crippen LogP contribution in [-0.2, 0) is 5.41 Å². The topological polar surface area (TPSA) is 20.3 Å². The van der Waals surface area contributed by atoms with E-state index in [2.05, 4.69) is 0 Å². The van der Waals surface area contributed by atoms with Crippen molar-refractivity contribution in [2.45, 2.75) is 26.2 Å². The number of nitrogens with zero attached hydrogens (tertiary/aromatic N) is 1. The first-order chi connectivity index (χ1) is 7.23. The van der Waals surface area contributed by atoms with Crippen LogP contribution in [0.25, 0.3) is 0 Å². The summed E-state index contributed by atoms with van der Waals surface area (Å²) in [5.74, 6) is -0.768. The summed E-state index contributed by atoms with van der Waals surface area (Å²) in [6, 6.07) is 4.72. The molecule has 0 heterocycles. The molecular weight excluding hydrogens is 205 g/mol. The average Bonchev–Trinajstić information content (AvgIpc) is 2.15. The fourth-order valence-corrected chi connectivity index (χ4v) is 1.40. The molecule has 2 nitrogen and oxygen atoms in total. The maximum Gasteiger partial charge on any atom is 0.256 e. The van der Waals surface area contributed by atoms with Gasteiger partial charge in [0.05, 0.1) is 5.56 Å². The van der Waals surface area contributed by atoms with Crippen LogP contribution in [0.1, 0.15) is 36.7 Å². The fourth-order valence-electron chi connectivity index (χ4n) is 1.40. The molecule has 0 bridgehead atoms. The van der Waals surface area contributed by atoms with Crippen molar-refractivity contribution in [1.82, 2.24) is 4.90 Å². The van der Waals surface area contributed by atoms with Gasteiger partial charge in [0.1, 0.15) is 5.82 Å². The molecule has 0 aliphatic carbocycles. The number of benzene rings is 1. The van der Waals surface area contributed by atoms with E-state index < -0.39 is 5.82 Å². The maximum absolute atomic E-state index is 13.5. The van der Waals surface area contributed by atoms with E-state index in [9.17, 15) is 9.18 Å². The van der Waals surface area contributed by atoms with Gasteiger partial charge in [-0.15, -0.1) is 0 Å². The monoisotopic (exact) mass is 223 g/mol. The molecule has 0 fully saturated rings. The van der Waals surface area contributed by atoms with Crippen LogP contribution < -0.4 is 0 Å². The standard InChI is InChI=1S/C13H18FNO/c1-13(2,3)9-6-7-11(14)10(8-9)12(16)15(4)5/h6-8H,1-5H3. The third kappa shape index (κ3) is 2.60. The van der Waals surface area contributed by atoms with E-state index in [-0.39, 0.29) is 16.9 Å². The van der Waals surface area contributed by atoms with Gasteiger partial charge in [-0.2, -0.15) is 0 Å². The molecule has 0 saturated carbocycles. The lowest BCUT2D eigenvalue weighted by molar-refractivity contribution is 0.0823. The van der Waals surface area contributed by atoms with Gasteiger partial charge in [-0.3, -0.25) is 4.79 Å². The van der Waals surface area contributed by atoms with Crippen LogP contribution in [0.5, 0.6) is 0 Å². The fraction of sp³-hybridized carbons (Fsp3) is 0.462. The zero-order chi connectivity index (χ0) is 12.5. The minimum absolute atomic E-state index is 0.0883. The summed E-state index contributed by atoms with van der Waals surface area (Å²) in [5.41, 5.74) is 1.01. The lowest BCUT2D eigenvalue weighted by Gasteiger charge is -2.20. The Morgan fingerprint density at radius 1 is 1.25 bits per heavy atom. The van der Waals surface area contributed by atoms with Crippen molar-refractivity contribution < 1.29 is 9.18 Å². The van der Waals surface area contributed by atoms with Gasteiger partial charge in [-0.25, -0.2) is 4.39 Å². The summed E-state index contributed by atoms with van der Waals surface area (Å²) in [6.07, 6.45) is 0. The highest BCUT2D eigenvalue weighted by molar-refractivity contribution is 5.94.